The second-order valence-electron chi connectivity index (χ2n) is 5.43. The summed E-state index contributed by atoms with van der Waals surface area (Å²) in [7, 11) is -0.101. The fraction of sp³-hybridized carbons (Fsp3) is 0.250. The second-order valence-corrected chi connectivity index (χ2v) is 7.60. The molecule has 24 heavy (non-hydrogen) atoms. The predicted octanol–water partition coefficient (Wildman–Crippen LogP) is 2.56. The van der Waals surface area contributed by atoms with Crippen LogP contribution in [0.15, 0.2) is 47.4 Å². The van der Waals surface area contributed by atoms with Gasteiger partial charge in [0, 0.05) is 26.3 Å². The molecule has 0 fully saturated rings. The highest BCUT2D eigenvalue weighted by Gasteiger charge is 2.18. The summed E-state index contributed by atoms with van der Waals surface area (Å²) in [5, 5.41) is 9.85. The van der Waals surface area contributed by atoms with E-state index >= 15 is 0 Å². The highest BCUT2D eigenvalue weighted by molar-refractivity contribution is 7.89. The van der Waals surface area contributed by atoms with E-state index in [9.17, 15) is 17.9 Å². The lowest BCUT2D eigenvalue weighted by atomic mass is 10.1. The number of hydrogen-bond acceptors (Lipinski definition) is 4. The SMILES string of the molecule is CN(C)c1ccc([C@@H](O)CNS(=O)(=O)c2ccc(F)c(Cl)c2)cc1. The van der Waals surface area contributed by atoms with Crippen LogP contribution < -0.4 is 9.62 Å². The van der Waals surface area contributed by atoms with E-state index in [1.807, 2.05) is 31.1 Å². The molecule has 0 unspecified atom stereocenters. The van der Waals surface area contributed by atoms with E-state index in [1.165, 1.54) is 0 Å². The van der Waals surface area contributed by atoms with Crippen LogP contribution in [0.5, 0.6) is 0 Å². The van der Waals surface area contributed by atoms with Crippen molar-refractivity contribution >= 4 is 27.3 Å². The Hall–Kier alpha value is -1.67. The van der Waals surface area contributed by atoms with E-state index in [0.29, 0.717) is 5.56 Å². The van der Waals surface area contributed by atoms with E-state index in [0.717, 1.165) is 23.9 Å². The van der Waals surface area contributed by atoms with Gasteiger partial charge < -0.3 is 10.0 Å². The molecule has 0 saturated carbocycles. The van der Waals surface area contributed by atoms with Gasteiger partial charge in [-0.15, -0.1) is 0 Å². The van der Waals surface area contributed by atoms with Gasteiger partial charge in [0.2, 0.25) is 10.0 Å². The third-order valence-electron chi connectivity index (χ3n) is 3.46. The first-order chi connectivity index (χ1) is 11.2. The number of sulfonamides is 1. The monoisotopic (exact) mass is 372 g/mol. The molecule has 5 nitrogen and oxygen atoms in total. The lowest BCUT2D eigenvalue weighted by Crippen LogP contribution is -2.28. The molecule has 2 aromatic rings. The number of nitrogens with zero attached hydrogens (tertiary/aromatic N) is 1. The Bertz CT molecular complexity index is 811. The standard InChI is InChI=1S/C16H18ClFN2O3S/c1-20(2)12-5-3-11(4-6-12)16(21)10-19-24(22,23)13-7-8-15(18)14(17)9-13/h3-9,16,19,21H,10H2,1-2H3/t16-/m0/s1. The van der Waals surface area contributed by atoms with Gasteiger partial charge in [-0.1, -0.05) is 23.7 Å². The molecule has 0 radical (unpaired) electrons. The van der Waals surface area contributed by atoms with Crippen molar-refractivity contribution in [2.24, 2.45) is 0 Å². The van der Waals surface area contributed by atoms with Gasteiger partial charge in [-0.3, -0.25) is 0 Å². The van der Waals surface area contributed by atoms with Gasteiger partial charge in [-0.2, -0.15) is 0 Å². The Kier molecular flexibility index (Phi) is 5.82. The van der Waals surface area contributed by atoms with Crippen LogP contribution in [-0.4, -0.2) is 34.2 Å². The van der Waals surface area contributed by atoms with Crippen LogP contribution in [0, 0.1) is 5.82 Å². The van der Waals surface area contributed by atoms with Gasteiger partial charge in [0.15, 0.2) is 0 Å². The lowest BCUT2D eigenvalue weighted by Gasteiger charge is -2.16. The van der Waals surface area contributed by atoms with Crippen molar-refractivity contribution in [2.75, 3.05) is 25.5 Å². The smallest absolute Gasteiger partial charge is 0.240 e. The van der Waals surface area contributed by atoms with Crippen molar-refractivity contribution < 1.29 is 17.9 Å². The molecule has 0 aliphatic rings. The Morgan fingerprint density at radius 2 is 1.83 bits per heavy atom. The molecule has 0 bridgehead atoms. The Morgan fingerprint density at radius 3 is 2.38 bits per heavy atom. The van der Waals surface area contributed by atoms with Crippen molar-refractivity contribution in [3.63, 3.8) is 0 Å². The zero-order chi connectivity index (χ0) is 17.9. The largest absolute Gasteiger partial charge is 0.387 e. The number of aliphatic hydroxyl groups is 1. The van der Waals surface area contributed by atoms with E-state index in [1.54, 1.807) is 12.1 Å². The van der Waals surface area contributed by atoms with Crippen LogP contribution in [0.1, 0.15) is 11.7 Å². The minimum atomic E-state index is -3.89. The lowest BCUT2D eigenvalue weighted by molar-refractivity contribution is 0.182. The fourth-order valence-electron chi connectivity index (χ4n) is 2.03. The van der Waals surface area contributed by atoms with Gasteiger partial charge in [0.05, 0.1) is 16.0 Å². The average Bonchev–Trinajstić information content (AvgIpc) is 2.55. The molecule has 0 aliphatic heterocycles. The van der Waals surface area contributed by atoms with Crippen molar-refractivity contribution in [1.82, 2.24) is 4.72 Å². The molecule has 0 spiro atoms. The number of hydrogen-bond donors (Lipinski definition) is 2. The summed E-state index contributed by atoms with van der Waals surface area (Å²) in [6.45, 7) is -0.210. The highest BCUT2D eigenvalue weighted by atomic mass is 35.5. The number of nitrogens with one attached hydrogen (secondary N) is 1. The summed E-state index contributed by atoms with van der Waals surface area (Å²) in [4.78, 5) is 1.75. The van der Waals surface area contributed by atoms with Gasteiger partial charge in [0.25, 0.3) is 0 Å². The minimum Gasteiger partial charge on any atom is -0.387 e. The van der Waals surface area contributed by atoms with Crippen LogP contribution in [0.2, 0.25) is 5.02 Å². The van der Waals surface area contributed by atoms with Gasteiger partial charge >= 0.3 is 0 Å². The zero-order valence-electron chi connectivity index (χ0n) is 13.2. The minimum absolute atomic E-state index is 0.163. The first-order valence-corrected chi connectivity index (χ1v) is 8.97. The molecule has 0 amide bonds. The van der Waals surface area contributed by atoms with Crippen molar-refractivity contribution in [1.29, 1.82) is 0 Å². The normalized spacial score (nSPS) is 12.9. The molecule has 0 heterocycles. The summed E-state index contributed by atoms with van der Waals surface area (Å²) >= 11 is 5.60. The summed E-state index contributed by atoms with van der Waals surface area (Å²) in [5.41, 5.74) is 1.55. The molecule has 2 N–H and O–H groups in total. The van der Waals surface area contributed by atoms with Crippen LogP contribution in [0.25, 0.3) is 0 Å². The maximum absolute atomic E-state index is 13.1. The Balaban J connectivity index is 2.06. The summed E-state index contributed by atoms with van der Waals surface area (Å²) < 4.78 is 39.7. The Labute approximate surface area is 145 Å². The predicted molar refractivity (Wildman–Crippen MR) is 92.3 cm³/mol. The zero-order valence-corrected chi connectivity index (χ0v) is 14.8. The fourth-order valence-corrected chi connectivity index (χ4v) is 3.34. The molecule has 0 saturated heterocycles. The average molecular weight is 373 g/mol. The van der Waals surface area contributed by atoms with Gasteiger partial charge in [0.1, 0.15) is 5.82 Å². The van der Waals surface area contributed by atoms with E-state index in [-0.39, 0.29) is 16.5 Å². The Morgan fingerprint density at radius 1 is 1.21 bits per heavy atom. The molecular formula is C16H18ClFN2O3S. The maximum Gasteiger partial charge on any atom is 0.240 e. The van der Waals surface area contributed by atoms with Crippen molar-refractivity contribution in [3.05, 3.63) is 58.9 Å². The third-order valence-corrected chi connectivity index (χ3v) is 5.17. The molecule has 8 heteroatoms. The number of aliphatic hydroxyl groups excluding tert-OH is 1. The van der Waals surface area contributed by atoms with E-state index < -0.39 is 21.9 Å². The van der Waals surface area contributed by atoms with Crippen LogP contribution >= 0.6 is 11.6 Å². The quantitative estimate of drug-likeness (QED) is 0.817. The van der Waals surface area contributed by atoms with Crippen LogP contribution in [0.4, 0.5) is 10.1 Å². The van der Waals surface area contributed by atoms with Gasteiger partial charge in [-0.05, 0) is 35.9 Å². The molecular weight excluding hydrogens is 355 g/mol. The van der Waals surface area contributed by atoms with Crippen molar-refractivity contribution in [2.45, 2.75) is 11.0 Å². The van der Waals surface area contributed by atoms with Crippen LogP contribution in [0.3, 0.4) is 0 Å². The number of rotatable bonds is 6. The molecule has 130 valence electrons. The molecule has 2 rings (SSSR count). The van der Waals surface area contributed by atoms with E-state index in [2.05, 4.69) is 4.72 Å². The summed E-state index contributed by atoms with van der Waals surface area (Å²) in [6, 6.07) is 10.2. The third kappa shape index (κ3) is 4.45. The number of anilines is 1. The van der Waals surface area contributed by atoms with Crippen LogP contribution in [-0.2, 0) is 10.0 Å². The number of benzene rings is 2. The highest BCUT2D eigenvalue weighted by Crippen LogP contribution is 2.21. The maximum atomic E-state index is 13.1. The number of halogens is 2. The summed E-state index contributed by atoms with van der Waals surface area (Å²) in [6.07, 6.45) is -1.01. The first kappa shape index (κ1) is 18.7. The van der Waals surface area contributed by atoms with E-state index in [4.69, 9.17) is 11.6 Å². The molecule has 1 atom stereocenters. The molecule has 0 aliphatic carbocycles. The first-order valence-electron chi connectivity index (χ1n) is 7.11. The van der Waals surface area contributed by atoms with Crippen molar-refractivity contribution in [3.8, 4) is 0 Å². The topological polar surface area (TPSA) is 69.6 Å². The summed E-state index contributed by atoms with van der Waals surface area (Å²) in [5.74, 6) is -0.698. The second kappa shape index (κ2) is 7.48. The molecule has 0 aromatic heterocycles. The van der Waals surface area contributed by atoms with Gasteiger partial charge in [-0.25, -0.2) is 17.5 Å². The molecule has 2 aromatic carbocycles.